The minimum absolute atomic E-state index is 0.134. The van der Waals surface area contributed by atoms with Crippen LogP contribution < -0.4 is 15.8 Å². The lowest BCUT2D eigenvalue weighted by molar-refractivity contribution is -0.0498. The fourth-order valence-electron chi connectivity index (χ4n) is 1.11. The van der Waals surface area contributed by atoms with Crippen molar-refractivity contribution in [1.82, 2.24) is 0 Å². The van der Waals surface area contributed by atoms with Gasteiger partial charge in [0.25, 0.3) is 0 Å². The lowest BCUT2D eigenvalue weighted by Gasteiger charge is -2.20. The normalized spacial score (nSPS) is 11.6. The van der Waals surface area contributed by atoms with Gasteiger partial charge in [0.15, 0.2) is 0 Å². The lowest BCUT2D eigenvalue weighted by atomic mass is 10.1. The summed E-state index contributed by atoms with van der Waals surface area (Å²) in [6.45, 7) is 1.49. The van der Waals surface area contributed by atoms with Gasteiger partial charge in [-0.25, -0.2) is 0 Å². The maximum atomic E-state index is 12.0. The molecule has 90 valence electrons. The number of rotatable bonds is 5. The molecule has 5 heteroatoms. The standard InChI is InChI=1S/C11H16F2N2O/c1-11(2,14)7-15-8-4-3-5-9(6-8)16-10(12)13/h3-6,10,15H,7,14H2,1-2H3. The SMILES string of the molecule is CC(C)(N)CNc1cccc(OC(F)F)c1. The summed E-state index contributed by atoms with van der Waals surface area (Å²) in [4.78, 5) is 0. The Hall–Kier alpha value is -1.36. The van der Waals surface area contributed by atoms with Gasteiger partial charge in [-0.05, 0) is 26.0 Å². The Balaban J connectivity index is 2.60. The van der Waals surface area contributed by atoms with Crippen molar-refractivity contribution in [3.05, 3.63) is 24.3 Å². The second-order valence-corrected chi connectivity index (χ2v) is 4.25. The number of hydrogen-bond acceptors (Lipinski definition) is 3. The van der Waals surface area contributed by atoms with Gasteiger partial charge in [-0.3, -0.25) is 0 Å². The van der Waals surface area contributed by atoms with Crippen molar-refractivity contribution >= 4 is 5.69 Å². The molecule has 0 saturated carbocycles. The van der Waals surface area contributed by atoms with Gasteiger partial charge in [0.1, 0.15) is 5.75 Å². The molecule has 0 bridgehead atoms. The molecule has 0 amide bonds. The number of nitrogens with one attached hydrogen (secondary N) is 1. The van der Waals surface area contributed by atoms with Crippen LogP contribution in [0.15, 0.2) is 24.3 Å². The molecule has 1 aromatic rings. The Bertz CT molecular complexity index is 337. The van der Waals surface area contributed by atoms with E-state index in [2.05, 4.69) is 10.1 Å². The summed E-state index contributed by atoms with van der Waals surface area (Å²) in [6, 6.07) is 6.40. The van der Waals surface area contributed by atoms with E-state index in [-0.39, 0.29) is 11.3 Å². The fraction of sp³-hybridized carbons (Fsp3) is 0.455. The molecule has 0 heterocycles. The average molecular weight is 230 g/mol. The molecule has 1 rings (SSSR count). The first kappa shape index (κ1) is 12.7. The molecule has 0 aliphatic heterocycles. The first-order valence-electron chi connectivity index (χ1n) is 4.94. The Morgan fingerprint density at radius 1 is 1.44 bits per heavy atom. The summed E-state index contributed by atoms with van der Waals surface area (Å²) in [5.41, 5.74) is 6.13. The number of anilines is 1. The van der Waals surface area contributed by atoms with Crippen LogP contribution in [0.1, 0.15) is 13.8 Å². The van der Waals surface area contributed by atoms with Crippen LogP contribution in [0.5, 0.6) is 5.75 Å². The molecule has 1 aromatic carbocycles. The van der Waals surface area contributed by atoms with Crippen LogP contribution in [0.4, 0.5) is 14.5 Å². The van der Waals surface area contributed by atoms with Gasteiger partial charge in [0.05, 0.1) is 0 Å². The van der Waals surface area contributed by atoms with Crippen LogP contribution in [0.3, 0.4) is 0 Å². The van der Waals surface area contributed by atoms with Crippen molar-refractivity contribution in [2.75, 3.05) is 11.9 Å². The molecule has 0 radical (unpaired) electrons. The highest BCUT2D eigenvalue weighted by atomic mass is 19.3. The number of halogens is 2. The third-order valence-corrected chi connectivity index (χ3v) is 1.81. The molecule has 0 unspecified atom stereocenters. The smallest absolute Gasteiger partial charge is 0.387 e. The average Bonchev–Trinajstić information content (AvgIpc) is 2.13. The molecule has 0 fully saturated rings. The summed E-state index contributed by atoms with van der Waals surface area (Å²) < 4.78 is 28.2. The summed E-state index contributed by atoms with van der Waals surface area (Å²) in [7, 11) is 0. The molecule has 0 atom stereocenters. The summed E-state index contributed by atoms with van der Waals surface area (Å²) in [6.07, 6.45) is 0. The van der Waals surface area contributed by atoms with E-state index in [4.69, 9.17) is 5.73 Å². The van der Waals surface area contributed by atoms with Gasteiger partial charge < -0.3 is 15.8 Å². The molecule has 0 aliphatic carbocycles. The molecule has 0 aromatic heterocycles. The van der Waals surface area contributed by atoms with Crippen LogP contribution in [0, 0.1) is 0 Å². The van der Waals surface area contributed by atoms with E-state index in [1.807, 2.05) is 13.8 Å². The Kier molecular flexibility index (Phi) is 4.06. The van der Waals surface area contributed by atoms with Gasteiger partial charge in [-0.15, -0.1) is 0 Å². The molecule has 0 saturated heterocycles. The van der Waals surface area contributed by atoms with E-state index < -0.39 is 6.61 Å². The Morgan fingerprint density at radius 2 is 2.12 bits per heavy atom. The monoisotopic (exact) mass is 230 g/mol. The van der Waals surface area contributed by atoms with Crippen LogP contribution in [-0.4, -0.2) is 18.7 Å². The zero-order valence-corrected chi connectivity index (χ0v) is 9.34. The van der Waals surface area contributed by atoms with Crippen molar-refractivity contribution in [2.24, 2.45) is 5.73 Å². The van der Waals surface area contributed by atoms with Crippen LogP contribution in [-0.2, 0) is 0 Å². The molecule has 0 aliphatic rings. The molecule has 3 nitrogen and oxygen atoms in total. The minimum Gasteiger partial charge on any atom is -0.435 e. The second kappa shape index (κ2) is 5.12. The Labute approximate surface area is 93.6 Å². The van der Waals surface area contributed by atoms with E-state index in [1.54, 1.807) is 12.1 Å². The Morgan fingerprint density at radius 3 is 2.69 bits per heavy atom. The summed E-state index contributed by atoms with van der Waals surface area (Å²) >= 11 is 0. The largest absolute Gasteiger partial charge is 0.435 e. The first-order chi connectivity index (χ1) is 7.37. The second-order valence-electron chi connectivity index (χ2n) is 4.25. The van der Waals surface area contributed by atoms with Crippen molar-refractivity contribution < 1.29 is 13.5 Å². The van der Waals surface area contributed by atoms with Crippen molar-refractivity contribution in [2.45, 2.75) is 26.0 Å². The van der Waals surface area contributed by atoms with Gasteiger partial charge in [0.2, 0.25) is 0 Å². The van der Waals surface area contributed by atoms with Crippen LogP contribution in [0.2, 0.25) is 0 Å². The van der Waals surface area contributed by atoms with Crippen molar-refractivity contribution in [3.63, 3.8) is 0 Å². The quantitative estimate of drug-likeness (QED) is 0.816. The molecule has 3 N–H and O–H groups in total. The fourth-order valence-corrected chi connectivity index (χ4v) is 1.11. The molecule has 16 heavy (non-hydrogen) atoms. The van der Waals surface area contributed by atoms with Crippen LogP contribution in [0.25, 0.3) is 0 Å². The van der Waals surface area contributed by atoms with E-state index in [0.717, 1.165) is 0 Å². The molecular formula is C11H16F2N2O. The van der Waals surface area contributed by atoms with Crippen molar-refractivity contribution in [3.8, 4) is 5.75 Å². The summed E-state index contributed by atoms with van der Waals surface area (Å²) in [5, 5.41) is 3.05. The lowest BCUT2D eigenvalue weighted by Crippen LogP contribution is -2.39. The van der Waals surface area contributed by atoms with Gasteiger partial charge in [-0.2, -0.15) is 8.78 Å². The van der Waals surface area contributed by atoms with Gasteiger partial charge in [0, 0.05) is 23.8 Å². The van der Waals surface area contributed by atoms with E-state index in [0.29, 0.717) is 12.2 Å². The number of ether oxygens (including phenoxy) is 1. The zero-order chi connectivity index (χ0) is 12.2. The topological polar surface area (TPSA) is 47.3 Å². The molecular weight excluding hydrogens is 214 g/mol. The van der Waals surface area contributed by atoms with Crippen molar-refractivity contribution in [1.29, 1.82) is 0 Å². The third-order valence-electron chi connectivity index (χ3n) is 1.81. The van der Waals surface area contributed by atoms with E-state index in [1.165, 1.54) is 12.1 Å². The number of hydrogen-bond donors (Lipinski definition) is 2. The van der Waals surface area contributed by atoms with Crippen LogP contribution >= 0.6 is 0 Å². The predicted octanol–water partition coefficient (Wildman–Crippen LogP) is 2.44. The highest BCUT2D eigenvalue weighted by molar-refractivity contribution is 5.48. The number of alkyl halides is 2. The molecule has 0 spiro atoms. The maximum Gasteiger partial charge on any atom is 0.387 e. The van der Waals surface area contributed by atoms with E-state index in [9.17, 15) is 8.78 Å². The minimum atomic E-state index is -2.80. The highest BCUT2D eigenvalue weighted by Crippen LogP contribution is 2.19. The summed E-state index contributed by atoms with van der Waals surface area (Å²) in [5.74, 6) is 0.134. The maximum absolute atomic E-state index is 12.0. The van der Waals surface area contributed by atoms with Gasteiger partial charge >= 0.3 is 6.61 Å². The number of benzene rings is 1. The van der Waals surface area contributed by atoms with E-state index >= 15 is 0 Å². The number of nitrogens with two attached hydrogens (primary N) is 1. The predicted molar refractivity (Wildman–Crippen MR) is 59.8 cm³/mol. The third kappa shape index (κ3) is 4.93. The van der Waals surface area contributed by atoms with Gasteiger partial charge in [-0.1, -0.05) is 6.07 Å². The zero-order valence-electron chi connectivity index (χ0n) is 9.34. The first-order valence-corrected chi connectivity index (χ1v) is 4.94. The highest BCUT2D eigenvalue weighted by Gasteiger charge is 2.10.